The van der Waals surface area contributed by atoms with Crippen molar-refractivity contribution in [3.8, 4) is 17.1 Å². The third-order valence-corrected chi connectivity index (χ3v) is 5.05. The van der Waals surface area contributed by atoms with Gasteiger partial charge in [-0.3, -0.25) is 9.59 Å². The minimum atomic E-state index is -0.345. The standard InChI is InChI=1S/C24H28N4O3/c1-4-16(2)31-20-12-8-11-19(15-20)23-26-24(30)21(27-28-23)13-14-22(29)25-17(3)18-9-6-5-7-10-18/h5-12,15-17H,4,13-14H2,1-3H3,(H,25,29)(H,26,28,30). The van der Waals surface area contributed by atoms with Gasteiger partial charge in [0.1, 0.15) is 11.4 Å². The molecule has 2 N–H and O–H groups in total. The van der Waals surface area contributed by atoms with Gasteiger partial charge in [0.15, 0.2) is 5.82 Å². The molecule has 2 atom stereocenters. The van der Waals surface area contributed by atoms with Gasteiger partial charge in [-0.2, -0.15) is 0 Å². The van der Waals surface area contributed by atoms with Gasteiger partial charge >= 0.3 is 0 Å². The van der Waals surface area contributed by atoms with E-state index >= 15 is 0 Å². The second-order valence-electron chi connectivity index (χ2n) is 7.51. The number of carbonyl (C=O) groups excluding carboxylic acids is 1. The average Bonchev–Trinajstić information content (AvgIpc) is 2.78. The molecule has 162 valence electrons. The molecule has 1 amide bonds. The molecular formula is C24H28N4O3. The minimum absolute atomic E-state index is 0.0958. The van der Waals surface area contributed by atoms with Gasteiger partial charge in [-0.1, -0.05) is 49.4 Å². The van der Waals surface area contributed by atoms with E-state index in [-0.39, 0.29) is 42.1 Å². The molecule has 2 aromatic carbocycles. The number of benzene rings is 2. The number of amides is 1. The molecule has 0 aliphatic carbocycles. The Labute approximate surface area is 181 Å². The lowest BCUT2D eigenvalue weighted by Crippen LogP contribution is -2.28. The number of H-pyrrole nitrogens is 1. The van der Waals surface area contributed by atoms with Gasteiger partial charge in [0.25, 0.3) is 5.56 Å². The van der Waals surface area contributed by atoms with Crippen molar-refractivity contribution in [3.05, 3.63) is 76.2 Å². The van der Waals surface area contributed by atoms with E-state index in [2.05, 4.69) is 27.4 Å². The Hall–Kier alpha value is -3.48. The predicted molar refractivity (Wildman–Crippen MR) is 120 cm³/mol. The summed E-state index contributed by atoms with van der Waals surface area (Å²) >= 11 is 0. The molecule has 3 rings (SSSR count). The molecule has 0 fully saturated rings. The average molecular weight is 421 g/mol. The first-order valence-corrected chi connectivity index (χ1v) is 10.5. The van der Waals surface area contributed by atoms with Crippen LogP contribution in [-0.2, 0) is 11.2 Å². The van der Waals surface area contributed by atoms with Crippen molar-refractivity contribution in [2.45, 2.75) is 52.2 Å². The third-order valence-electron chi connectivity index (χ3n) is 5.05. The Morgan fingerprint density at radius 1 is 1.10 bits per heavy atom. The fourth-order valence-corrected chi connectivity index (χ4v) is 3.06. The number of ether oxygens (including phenoxy) is 1. The highest BCUT2D eigenvalue weighted by molar-refractivity contribution is 5.76. The molecule has 0 saturated heterocycles. The Kier molecular flexibility index (Phi) is 7.54. The van der Waals surface area contributed by atoms with Crippen LogP contribution in [0.25, 0.3) is 11.4 Å². The van der Waals surface area contributed by atoms with E-state index in [1.807, 2.05) is 68.4 Å². The van der Waals surface area contributed by atoms with Crippen LogP contribution >= 0.6 is 0 Å². The normalized spacial score (nSPS) is 12.7. The summed E-state index contributed by atoms with van der Waals surface area (Å²) in [4.78, 5) is 27.5. The summed E-state index contributed by atoms with van der Waals surface area (Å²) in [5.41, 5.74) is 1.63. The number of carbonyl (C=O) groups is 1. The van der Waals surface area contributed by atoms with Crippen LogP contribution in [0.3, 0.4) is 0 Å². The molecule has 0 spiro atoms. The van der Waals surface area contributed by atoms with Gasteiger partial charge in [0.2, 0.25) is 5.91 Å². The maximum Gasteiger partial charge on any atom is 0.273 e. The summed E-state index contributed by atoms with van der Waals surface area (Å²) in [7, 11) is 0. The van der Waals surface area contributed by atoms with Gasteiger partial charge in [0.05, 0.1) is 12.1 Å². The van der Waals surface area contributed by atoms with Crippen molar-refractivity contribution in [3.63, 3.8) is 0 Å². The van der Waals surface area contributed by atoms with Crippen LogP contribution in [0.2, 0.25) is 0 Å². The lowest BCUT2D eigenvalue weighted by Gasteiger charge is -2.14. The van der Waals surface area contributed by atoms with E-state index < -0.39 is 0 Å². The molecule has 0 aliphatic rings. The number of hydrogen-bond acceptors (Lipinski definition) is 5. The van der Waals surface area contributed by atoms with E-state index in [4.69, 9.17) is 4.74 Å². The lowest BCUT2D eigenvalue weighted by atomic mass is 10.1. The zero-order chi connectivity index (χ0) is 22.2. The molecule has 1 heterocycles. The van der Waals surface area contributed by atoms with E-state index in [9.17, 15) is 9.59 Å². The van der Waals surface area contributed by atoms with E-state index in [0.717, 1.165) is 12.0 Å². The van der Waals surface area contributed by atoms with E-state index in [1.54, 1.807) is 0 Å². The second-order valence-corrected chi connectivity index (χ2v) is 7.51. The van der Waals surface area contributed by atoms with Crippen molar-refractivity contribution in [2.75, 3.05) is 0 Å². The van der Waals surface area contributed by atoms with Crippen LogP contribution < -0.4 is 15.6 Å². The van der Waals surface area contributed by atoms with Crippen LogP contribution in [0.5, 0.6) is 5.75 Å². The van der Waals surface area contributed by atoms with Crippen molar-refractivity contribution in [1.29, 1.82) is 0 Å². The molecule has 0 saturated carbocycles. The molecular weight excluding hydrogens is 392 g/mol. The topological polar surface area (TPSA) is 97.0 Å². The third kappa shape index (κ3) is 6.25. The number of hydrogen-bond donors (Lipinski definition) is 2. The number of rotatable bonds is 9. The second kappa shape index (κ2) is 10.5. The van der Waals surface area contributed by atoms with E-state index in [0.29, 0.717) is 17.1 Å². The molecule has 31 heavy (non-hydrogen) atoms. The molecule has 7 nitrogen and oxygen atoms in total. The first-order valence-electron chi connectivity index (χ1n) is 10.5. The lowest BCUT2D eigenvalue weighted by molar-refractivity contribution is -0.121. The van der Waals surface area contributed by atoms with Gasteiger partial charge in [-0.05, 0) is 38.0 Å². The highest BCUT2D eigenvalue weighted by atomic mass is 16.5. The van der Waals surface area contributed by atoms with Crippen molar-refractivity contribution >= 4 is 5.91 Å². The Balaban J connectivity index is 1.61. The predicted octanol–water partition coefficient (Wildman–Crippen LogP) is 3.82. The summed E-state index contributed by atoms with van der Waals surface area (Å²) in [6, 6.07) is 17.0. The molecule has 7 heteroatoms. The summed E-state index contributed by atoms with van der Waals surface area (Å²) < 4.78 is 5.82. The summed E-state index contributed by atoms with van der Waals surface area (Å²) in [5, 5.41) is 11.1. The highest BCUT2D eigenvalue weighted by Gasteiger charge is 2.13. The number of nitrogens with zero attached hydrogens (tertiary/aromatic N) is 2. The van der Waals surface area contributed by atoms with Crippen LogP contribution in [0.1, 0.15) is 50.9 Å². The SMILES string of the molecule is CCC(C)Oc1cccc(-c2nnc(CCC(=O)NC(C)c3ccccc3)c(=O)[nH]2)c1. The first kappa shape index (κ1) is 22.2. The monoisotopic (exact) mass is 420 g/mol. The minimum Gasteiger partial charge on any atom is -0.491 e. The zero-order valence-corrected chi connectivity index (χ0v) is 18.1. The maximum atomic E-state index is 12.5. The van der Waals surface area contributed by atoms with Gasteiger partial charge in [-0.15, -0.1) is 10.2 Å². The Bertz CT molecular complexity index is 1070. The van der Waals surface area contributed by atoms with Crippen LogP contribution in [0.4, 0.5) is 0 Å². The quantitative estimate of drug-likeness (QED) is 0.548. The summed E-state index contributed by atoms with van der Waals surface area (Å²) in [6.07, 6.45) is 1.37. The van der Waals surface area contributed by atoms with E-state index in [1.165, 1.54) is 0 Å². The zero-order valence-electron chi connectivity index (χ0n) is 18.1. The number of nitrogens with one attached hydrogen (secondary N) is 2. The molecule has 0 bridgehead atoms. The molecule has 1 aromatic heterocycles. The van der Waals surface area contributed by atoms with Crippen molar-refractivity contribution < 1.29 is 9.53 Å². The number of aromatic nitrogens is 3. The molecule has 2 unspecified atom stereocenters. The molecule has 0 aliphatic heterocycles. The summed E-state index contributed by atoms with van der Waals surface area (Å²) in [5.74, 6) is 0.935. The number of aromatic amines is 1. The molecule has 0 radical (unpaired) electrons. The maximum absolute atomic E-state index is 12.5. The number of aryl methyl sites for hydroxylation is 1. The van der Waals surface area contributed by atoms with Gasteiger partial charge < -0.3 is 15.0 Å². The van der Waals surface area contributed by atoms with Crippen molar-refractivity contribution in [2.24, 2.45) is 0 Å². The smallest absolute Gasteiger partial charge is 0.273 e. The first-order chi connectivity index (χ1) is 15.0. The Morgan fingerprint density at radius 3 is 2.58 bits per heavy atom. The fraction of sp³-hybridized carbons (Fsp3) is 0.333. The van der Waals surface area contributed by atoms with Gasteiger partial charge in [0, 0.05) is 18.4 Å². The van der Waals surface area contributed by atoms with Crippen LogP contribution in [0.15, 0.2) is 59.4 Å². The largest absolute Gasteiger partial charge is 0.491 e. The van der Waals surface area contributed by atoms with Gasteiger partial charge in [-0.25, -0.2) is 0 Å². The highest BCUT2D eigenvalue weighted by Crippen LogP contribution is 2.21. The van der Waals surface area contributed by atoms with Crippen molar-refractivity contribution in [1.82, 2.24) is 20.5 Å². The van der Waals surface area contributed by atoms with Crippen LogP contribution in [-0.4, -0.2) is 27.2 Å². The fourth-order valence-electron chi connectivity index (χ4n) is 3.06. The summed E-state index contributed by atoms with van der Waals surface area (Å²) in [6.45, 7) is 5.98. The Morgan fingerprint density at radius 2 is 1.87 bits per heavy atom. The molecule has 3 aromatic rings. The van der Waals surface area contributed by atoms with Crippen LogP contribution in [0, 0.1) is 0 Å².